The number of rotatable bonds is 5. The zero-order chi connectivity index (χ0) is 14.4. The van der Waals surface area contributed by atoms with Gasteiger partial charge in [-0.15, -0.1) is 0 Å². The predicted octanol–water partition coefficient (Wildman–Crippen LogP) is 0.916. The average Bonchev–Trinajstić information content (AvgIpc) is 2.36. The molecule has 0 fully saturated rings. The summed E-state index contributed by atoms with van der Waals surface area (Å²) in [7, 11) is 1.47. The summed E-state index contributed by atoms with van der Waals surface area (Å²) in [5.41, 5.74) is 0.410. The fourth-order valence-corrected chi connectivity index (χ4v) is 1.45. The zero-order valence-electron chi connectivity index (χ0n) is 10.0. The Labute approximate surface area is 114 Å². The summed E-state index contributed by atoms with van der Waals surface area (Å²) in [6.07, 6.45) is -1.65. The fraction of sp³-hybridized carbons (Fsp3) is 0.273. The van der Waals surface area contributed by atoms with Gasteiger partial charge in [0, 0.05) is 5.69 Å². The molecule has 19 heavy (non-hydrogen) atoms. The maximum absolute atomic E-state index is 11.4. The van der Waals surface area contributed by atoms with Gasteiger partial charge in [-0.2, -0.15) is 0 Å². The van der Waals surface area contributed by atoms with Gasteiger partial charge in [0.2, 0.25) is 0 Å². The molecule has 8 heteroatoms. The second-order valence-corrected chi connectivity index (χ2v) is 3.95. The van der Waals surface area contributed by atoms with Gasteiger partial charge in [0.1, 0.15) is 5.75 Å². The monoisotopic (exact) mass is 288 g/mol. The number of ether oxygens (including phenoxy) is 1. The predicted molar refractivity (Wildman–Crippen MR) is 68.7 cm³/mol. The van der Waals surface area contributed by atoms with Crippen molar-refractivity contribution in [3.63, 3.8) is 0 Å². The minimum Gasteiger partial charge on any atom is -0.495 e. The number of aliphatic hydroxyl groups is 1. The number of anilines is 1. The molecule has 0 aromatic heterocycles. The number of carbonyl (C=O) groups is 2. The standard InChI is InChI=1S/C11H13ClN2O5/c1-19-9-3-2-6(4-7(9)12)14-11(18)13-5-8(15)10(16)17/h2-4,8,15H,5H2,1H3,(H,16,17)(H2,13,14,18)/t8-/m0/s1. The van der Waals surface area contributed by atoms with E-state index in [-0.39, 0.29) is 0 Å². The number of aliphatic carboxylic acids is 1. The summed E-state index contributed by atoms with van der Waals surface area (Å²) < 4.78 is 4.95. The Kier molecular flexibility index (Phi) is 5.40. The lowest BCUT2D eigenvalue weighted by Crippen LogP contribution is -2.38. The lowest BCUT2D eigenvalue weighted by Gasteiger charge is -2.10. The Balaban J connectivity index is 2.53. The highest BCUT2D eigenvalue weighted by Gasteiger charge is 2.14. The SMILES string of the molecule is COc1ccc(NC(=O)NC[C@H](O)C(=O)O)cc1Cl. The molecule has 0 bridgehead atoms. The number of halogens is 1. The van der Waals surface area contributed by atoms with Crippen molar-refractivity contribution < 1.29 is 24.5 Å². The van der Waals surface area contributed by atoms with Gasteiger partial charge < -0.3 is 25.6 Å². The van der Waals surface area contributed by atoms with Crippen LogP contribution in [0.4, 0.5) is 10.5 Å². The van der Waals surface area contributed by atoms with Crippen LogP contribution in [0.3, 0.4) is 0 Å². The summed E-state index contributed by atoms with van der Waals surface area (Å²) in [5.74, 6) is -0.943. The molecule has 0 radical (unpaired) electrons. The molecular formula is C11H13ClN2O5. The van der Waals surface area contributed by atoms with Crippen molar-refractivity contribution in [2.45, 2.75) is 6.10 Å². The summed E-state index contributed by atoms with van der Waals surface area (Å²) >= 11 is 5.87. The molecule has 0 aliphatic rings. The van der Waals surface area contributed by atoms with Crippen LogP contribution in [0.1, 0.15) is 0 Å². The van der Waals surface area contributed by atoms with Crippen molar-refractivity contribution in [1.82, 2.24) is 5.32 Å². The number of nitrogens with one attached hydrogen (secondary N) is 2. The lowest BCUT2D eigenvalue weighted by atomic mass is 10.3. The van der Waals surface area contributed by atoms with Gasteiger partial charge in [-0.3, -0.25) is 0 Å². The molecule has 0 heterocycles. The topological polar surface area (TPSA) is 108 Å². The Morgan fingerprint density at radius 2 is 2.16 bits per heavy atom. The number of hydrogen-bond acceptors (Lipinski definition) is 4. The molecule has 7 nitrogen and oxygen atoms in total. The molecule has 0 aliphatic heterocycles. The highest BCUT2D eigenvalue weighted by atomic mass is 35.5. The first kappa shape index (κ1) is 15.1. The van der Waals surface area contributed by atoms with Crippen molar-refractivity contribution in [3.8, 4) is 5.75 Å². The van der Waals surface area contributed by atoms with Crippen LogP contribution >= 0.6 is 11.6 Å². The summed E-state index contributed by atoms with van der Waals surface area (Å²) in [5, 5.41) is 22.4. The number of hydrogen-bond donors (Lipinski definition) is 4. The minimum absolute atomic E-state index is 0.325. The quantitative estimate of drug-likeness (QED) is 0.644. The Bertz CT molecular complexity index is 480. The molecule has 104 valence electrons. The zero-order valence-corrected chi connectivity index (χ0v) is 10.8. The summed E-state index contributed by atoms with van der Waals surface area (Å²) in [4.78, 5) is 21.7. The number of carboxylic acids is 1. The van der Waals surface area contributed by atoms with E-state index in [4.69, 9.17) is 26.6 Å². The van der Waals surface area contributed by atoms with Gasteiger partial charge in [0.25, 0.3) is 0 Å². The number of urea groups is 1. The van der Waals surface area contributed by atoms with E-state index in [0.29, 0.717) is 16.5 Å². The average molecular weight is 289 g/mol. The Morgan fingerprint density at radius 1 is 1.47 bits per heavy atom. The molecule has 0 unspecified atom stereocenters. The van der Waals surface area contributed by atoms with Gasteiger partial charge >= 0.3 is 12.0 Å². The van der Waals surface area contributed by atoms with Gasteiger partial charge in [-0.1, -0.05) is 11.6 Å². The summed E-state index contributed by atoms with van der Waals surface area (Å²) in [6.45, 7) is -0.398. The molecule has 1 atom stereocenters. The van der Waals surface area contributed by atoms with Crippen LogP contribution in [-0.2, 0) is 4.79 Å². The molecule has 0 saturated carbocycles. The molecule has 0 saturated heterocycles. The van der Waals surface area contributed by atoms with Crippen molar-refractivity contribution in [2.24, 2.45) is 0 Å². The number of methoxy groups -OCH3 is 1. The molecule has 1 aromatic rings. The number of benzene rings is 1. The van der Waals surface area contributed by atoms with Crippen molar-refractivity contribution in [3.05, 3.63) is 23.2 Å². The van der Waals surface area contributed by atoms with Crippen LogP contribution in [0.5, 0.6) is 5.75 Å². The second-order valence-electron chi connectivity index (χ2n) is 3.54. The highest BCUT2D eigenvalue weighted by Crippen LogP contribution is 2.26. The van der Waals surface area contributed by atoms with E-state index >= 15 is 0 Å². The summed E-state index contributed by atoms with van der Waals surface area (Å²) in [6, 6.07) is 3.97. The first-order chi connectivity index (χ1) is 8.93. The van der Waals surface area contributed by atoms with E-state index in [1.807, 2.05) is 0 Å². The smallest absolute Gasteiger partial charge is 0.334 e. The van der Waals surface area contributed by atoms with Crippen molar-refractivity contribution in [2.75, 3.05) is 19.0 Å². The van der Waals surface area contributed by atoms with Gasteiger partial charge in [0.05, 0.1) is 18.7 Å². The maximum Gasteiger partial charge on any atom is 0.334 e. The lowest BCUT2D eigenvalue weighted by molar-refractivity contribution is -0.146. The van der Waals surface area contributed by atoms with E-state index in [0.717, 1.165) is 0 Å². The number of amides is 2. The van der Waals surface area contributed by atoms with Crippen LogP contribution in [0.25, 0.3) is 0 Å². The van der Waals surface area contributed by atoms with Crippen LogP contribution < -0.4 is 15.4 Å². The third-order valence-corrected chi connectivity index (χ3v) is 2.45. The van der Waals surface area contributed by atoms with Gasteiger partial charge in [-0.05, 0) is 18.2 Å². The molecule has 0 aliphatic carbocycles. The van der Waals surface area contributed by atoms with E-state index in [1.165, 1.54) is 13.2 Å². The first-order valence-electron chi connectivity index (χ1n) is 5.23. The maximum atomic E-state index is 11.4. The Morgan fingerprint density at radius 3 is 2.68 bits per heavy atom. The number of carboxylic acid groups (broad SMARTS) is 1. The minimum atomic E-state index is -1.65. The van der Waals surface area contributed by atoms with Crippen LogP contribution in [0, 0.1) is 0 Å². The largest absolute Gasteiger partial charge is 0.495 e. The van der Waals surface area contributed by atoms with Gasteiger partial charge in [0.15, 0.2) is 6.10 Å². The third kappa shape index (κ3) is 4.65. The van der Waals surface area contributed by atoms with Crippen molar-refractivity contribution in [1.29, 1.82) is 0 Å². The van der Waals surface area contributed by atoms with Crippen molar-refractivity contribution >= 4 is 29.3 Å². The van der Waals surface area contributed by atoms with Crippen LogP contribution in [0.15, 0.2) is 18.2 Å². The first-order valence-corrected chi connectivity index (χ1v) is 5.61. The second kappa shape index (κ2) is 6.81. The highest BCUT2D eigenvalue weighted by molar-refractivity contribution is 6.32. The van der Waals surface area contributed by atoms with E-state index in [9.17, 15) is 9.59 Å². The fourth-order valence-electron chi connectivity index (χ4n) is 1.20. The molecule has 0 spiro atoms. The van der Waals surface area contributed by atoms with E-state index in [1.54, 1.807) is 12.1 Å². The molecule has 1 rings (SSSR count). The van der Waals surface area contributed by atoms with Crippen LogP contribution in [0.2, 0.25) is 5.02 Å². The normalized spacial score (nSPS) is 11.5. The molecule has 1 aromatic carbocycles. The van der Waals surface area contributed by atoms with E-state index < -0.39 is 24.6 Å². The number of aliphatic hydroxyl groups excluding tert-OH is 1. The van der Waals surface area contributed by atoms with Gasteiger partial charge in [-0.25, -0.2) is 9.59 Å². The Hall–Kier alpha value is -1.99. The molecule has 4 N–H and O–H groups in total. The molecule has 2 amide bonds. The van der Waals surface area contributed by atoms with E-state index in [2.05, 4.69) is 10.6 Å². The molecular weight excluding hydrogens is 276 g/mol. The number of carbonyl (C=O) groups excluding carboxylic acids is 1. The third-order valence-electron chi connectivity index (χ3n) is 2.15. The van der Waals surface area contributed by atoms with Crippen LogP contribution in [-0.4, -0.2) is 42.0 Å².